The monoisotopic (exact) mass is 617 g/mol. The number of amidine groups is 1. The van der Waals surface area contributed by atoms with Crippen LogP contribution in [0.25, 0.3) is 17.2 Å². The maximum Gasteiger partial charge on any atom is 0.290 e. The fourth-order valence-corrected chi connectivity index (χ4v) is 9.22. The second-order valence-electron chi connectivity index (χ2n) is 13.3. The van der Waals surface area contributed by atoms with Gasteiger partial charge < -0.3 is 10.0 Å². The number of aryl methyl sites for hydroxylation is 1. The molecule has 0 radical (unpaired) electrons. The van der Waals surface area contributed by atoms with E-state index in [0.29, 0.717) is 28.5 Å². The van der Waals surface area contributed by atoms with Gasteiger partial charge in [-0.05, 0) is 157 Å². The van der Waals surface area contributed by atoms with Gasteiger partial charge in [0.2, 0.25) is 0 Å². The highest BCUT2D eigenvalue weighted by Crippen LogP contribution is 2.56. The fourth-order valence-electron chi connectivity index (χ4n) is 8.29. The minimum Gasteiger partial charge on any atom is -0.483 e. The highest BCUT2D eigenvalue weighted by atomic mass is 32.2. The molecule has 8 heteroatoms. The fraction of sp³-hybridized carbons (Fsp3) is 0.528. The number of likely N-dealkylation sites (tertiary alicyclic amines) is 1. The van der Waals surface area contributed by atoms with Gasteiger partial charge in [0.1, 0.15) is 5.69 Å². The topological polar surface area (TPSA) is 99.4 Å². The van der Waals surface area contributed by atoms with Gasteiger partial charge in [-0.15, -0.1) is 4.91 Å². The zero-order chi connectivity index (χ0) is 31.9. The number of carbonyl (C=O) groups excluding carboxylic acids is 1. The number of nitroso groups, excluding NO2 is 1. The lowest BCUT2D eigenvalue weighted by Crippen LogP contribution is -2.42. The number of nitrogens with zero attached hydrogens (tertiary/aromatic N) is 3. The van der Waals surface area contributed by atoms with Gasteiger partial charge >= 0.3 is 0 Å². The quantitative estimate of drug-likeness (QED) is 0.114. The molecule has 0 amide bonds. The number of allylic oxidation sites excluding steroid dienone is 1. The Bertz CT molecular complexity index is 1380. The molecule has 7 nitrogen and oxygen atoms in total. The molecule has 0 aromatic heterocycles. The molecule has 1 aliphatic heterocycles. The van der Waals surface area contributed by atoms with E-state index in [9.17, 15) is 9.70 Å². The Hall–Kier alpha value is -3.26. The lowest BCUT2D eigenvalue weighted by Gasteiger charge is -2.50. The lowest BCUT2D eigenvalue weighted by molar-refractivity contribution is -0.122. The number of rotatable bonds is 6. The Morgan fingerprint density at radius 1 is 1.02 bits per heavy atom. The minimum atomic E-state index is -0.250. The van der Waals surface area contributed by atoms with Crippen molar-refractivity contribution in [2.75, 3.05) is 13.6 Å². The van der Waals surface area contributed by atoms with Gasteiger partial charge in [0.05, 0.1) is 4.91 Å². The van der Waals surface area contributed by atoms with Crippen molar-refractivity contribution in [3.8, 4) is 11.1 Å². The van der Waals surface area contributed by atoms with Gasteiger partial charge in [-0.1, -0.05) is 32.0 Å². The summed E-state index contributed by atoms with van der Waals surface area (Å²) in [5.74, 6) is 2.03. The van der Waals surface area contributed by atoms with Crippen LogP contribution in [-0.4, -0.2) is 47.6 Å². The standard InChI is InChI=1S/C35H45N3O2S.CH2O2/c1-23-13-28-14-24(2)20-35(19-23,21-28)32-18-30(15-25(3)33(32)37-40)29-11-8-10-27(16-29)17-31(22-39)41-34(36-5)38-12-7-6-9-26(38)4;2-1-3/h8,10-11,15-18,22-24,26,28H,6-7,9,12-14,19-21H2,1-5H3;1H,(H,2,3)/b31-17-,36-34?;/t23?,24?,26-,28?,35?;/m1./s1. The average Bonchev–Trinajstić information content (AvgIpc) is 2.99. The smallest absolute Gasteiger partial charge is 0.290 e. The second-order valence-corrected chi connectivity index (χ2v) is 14.3. The summed E-state index contributed by atoms with van der Waals surface area (Å²) in [7, 11) is 1.81. The molecule has 1 N–H and O–H groups in total. The van der Waals surface area contributed by atoms with Gasteiger partial charge in [-0.25, -0.2) is 0 Å². The summed E-state index contributed by atoms with van der Waals surface area (Å²) in [6, 6.07) is 13.2. The number of carboxylic acid groups (broad SMARTS) is 1. The van der Waals surface area contributed by atoms with Crippen molar-refractivity contribution in [1.82, 2.24) is 4.90 Å². The Balaban J connectivity index is 0.00000141. The summed E-state index contributed by atoms with van der Waals surface area (Å²) in [6.45, 7) is 9.74. The molecule has 2 unspecified atom stereocenters. The van der Waals surface area contributed by atoms with Crippen molar-refractivity contribution in [3.05, 3.63) is 62.9 Å². The second kappa shape index (κ2) is 15.2. The summed E-state index contributed by atoms with van der Waals surface area (Å²) < 4.78 is 0. The molecule has 2 aromatic rings. The van der Waals surface area contributed by atoms with Crippen molar-refractivity contribution < 1.29 is 14.7 Å². The summed E-state index contributed by atoms with van der Waals surface area (Å²) >= 11 is 1.46. The molecule has 5 rings (SSSR count). The highest BCUT2D eigenvalue weighted by molar-refractivity contribution is 8.17. The summed E-state index contributed by atoms with van der Waals surface area (Å²) in [5.41, 5.74) is 5.93. The first-order valence-corrected chi connectivity index (χ1v) is 16.7. The largest absolute Gasteiger partial charge is 0.483 e. The van der Waals surface area contributed by atoms with Crippen LogP contribution in [0.15, 0.2) is 51.5 Å². The van der Waals surface area contributed by atoms with E-state index in [0.717, 1.165) is 83.8 Å². The summed E-state index contributed by atoms with van der Waals surface area (Å²) in [6.07, 6.45) is 12.5. The molecule has 236 valence electrons. The molecule has 2 saturated carbocycles. The molecule has 3 atom stereocenters. The highest BCUT2D eigenvalue weighted by Gasteiger charge is 2.46. The van der Waals surface area contributed by atoms with E-state index in [4.69, 9.17) is 9.90 Å². The van der Waals surface area contributed by atoms with E-state index >= 15 is 0 Å². The van der Waals surface area contributed by atoms with Crippen LogP contribution in [0.4, 0.5) is 5.69 Å². The van der Waals surface area contributed by atoms with E-state index in [2.05, 4.69) is 66.2 Å². The van der Waals surface area contributed by atoms with Gasteiger partial charge in [0.25, 0.3) is 6.47 Å². The van der Waals surface area contributed by atoms with Crippen molar-refractivity contribution in [3.63, 3.8) is 0 Å². The zero-order valence-electron chi connectivity index (χ0n) is 26.8. The summed E-state index contributed by atoms with van der Waals surface area (Å²) in [4.78, 5) is 40.3. The normalized spacial score (nSPS) is 27.2. The number of aldehydes is 1. The molecular weight excluding hydrogens is 570 g/mol. The number of hydrogen-bond acceptors (Lipinski definition) is 6. The zero-order valence-corrected chi connectivity index (χ0v) is 27.6. The number of aliphatic imine (C=N–C) groups is 1. The predicted octanol–water partition coefficient (Wildman–Crippen LogP) is 9.00. The molecule has 1 heterocycles. The Morgan fingerprint density at radius 2 is 1.73 bits per heavy atom. The number of benzene rings is 2. The van der Waals surface area contributed by atoms with Crippen molar-refractivity contribution in [2.24, 2.45) is 27.9 Å². The van der Waals surface area contributed by atoms with Crippen molar-refractivity contribution in [2.45, 2.75) is 90.5 Å². The van der Waals surface area contributed by atoms with Gasteiger partial charge in [-0.3, -0.25) is 14.6 Å². The molecule has 3 aliphatic rings. The van der Waals surface area contributed by atoms with Crippen LogP contribution in [0.1, 0.15) is 88.8 Å². The Kier molecular flexibility index (Phi) is 11.6. The number of fused-ring (bicyclic) bond motifs is 2. The molecule has 2 aliphatic carbocycles. The predicted molar refractivity (Wildman–Crippen MR) is 182 cm³/mol. The molecule has 2 bridgehead atoms. The van der Waals surface area contributed by atoms with Crippen LogP contribution in [0.3, 0.4) is 0 Å². The van der Waals surface area contributed by atoms with Crippen LogP contribution in [0, 0.1) is 29.6 Å². The third-order valence-electron chi connectivity index (χ3n) is 9.69. The third kappa shape index (κ3) is 7.68. The lowest BCUT2D eigenvalue weighted by atomic mass is 9.54. The number of carbonyl (C=O) groups is 2. The first-order chi connectivity index (χ1) is 21.2. The first-order valence-electron chi connectivity index (χ1n) is 15.9. The van der Waals surface area contributed by atoms with E-state index in [-0.39, 0.29) is 11.9 Å². The molecule has 44 heavy (non-hydrogen) atoms. The van der Waals surface area contributed by atoms with E-state index < -0.39 is 0 Å². The molecule has 2 aromatic carbocycles. The van der Waals surface area contributed by atoms with Crippen LogP contribution in [-0.2, 0) is 15.0 Å². The number of thioether (sulfide) groups is 1. The Morgan fingerprint density at radius 3 is 2.34 bits per heavy atom. The first kappa shape index (κ1) is 33.6. The number of hydrogen-bond donors (Lipinski definition) is 1. The van der Waals surface area contributed by atoms with Gasteiger partial charge in [0.15, 0.2) is 11.5 Å². The minimum absolute atomic E-state index is 0.0182. The SMILES string of the molecule is CN=C(S/C(C=O)=C\c1cccc(-c2cc(C)c(N=O)c(C34CC(C)CC(CC(C)C3)C4)c2)c1)N1CCCC[C@H]1C.O=CO. The van der Waals surface area contributed by atoms with E-state index in [1.807, 2.05) is 26.1 Å². The maximum atomic E-state index is 12.2. The van der Waals surface area contributed by atoms with Crippen molar-refractivity contribution >= 4 is 41.5 Å². The van der Waals surface area contributed by atoms with E-state index in [1.54, 1.807) is 0 Å². The van der Waals surface area contributed by atoms with Crippen LogP contribution < -0.4 is 0 Å². The molecule has 1 saturated heterocycles. The van der Waals surface area contributed by atoms with Crippen LogP contribution >= 0.6 is 11.8 Å². The molecule has 3 fully saturated rings. The average molecular weight is 618 g/mol. The molecular formula is C36H47N3O4S. The summed E-state index contributed by atoms with van der Waals surface area (Å²) in [5, 5.41) is 11.4. The van der Waals surface area contributed by atoms with Crippen LogP contribution in [0.2, 0.25) is 0 Å². The van der Waals surface area contributed by atoms with Crippen molar-refractivity contribution in [1.29, 1.82) is 0 Å². The Labute approximate surface area is 266 Å². The third-order valence-corrected chi connectivity index (χ3v) is 10.7. The van der Waals surface area contributed by atoms with Gasteiger partial charge in [0, 0.05) is 19.6 Å². The van der Waals surface area contributed by atoms with Crippen LogP contribution in [0.5, 0.6) is 0 Å². The van der Waals surface area contributed by atoms with Gasteiger partial charge in [-0.2, -0.15) is 0 Å². The number of piperidine rings is 1. The molecule has 0 spiro atoms. The maximum absolute atomic E-state index is 12.2. The van der Waals surface area contributed by atoms with E-state index in [1.165, 1.54) is 31.0 Å².